The van der Waals surface area contributed by atoms with Crippen LogP contribution in [0.5, 0.6) is 0 Å². The smallest absolute Gasteiger partial charge is 0.337 e. The van der Waals surface area contributed by atoms with Crippen molar-refractivity contribution in [1.29, 1.82) is 0 Å². The standard InChI is InChI=1S/C23H24N2O5/c1-16(26)19-8-3-4-9-20(19)22(28)24-11-10-21(27)25(13-12-24)15-17-6-5-7-18(14-17)23(29)30-2/h3-9,14H,10-13,15H2,1-2H3. The molecule has 0 unspecified atom stereocenters. The Bertz CT molecular complexity index is 985. The monoisotopic (exact) mass is 408 g/mol. The van der Waals surface area contributed by atoms with Crippen molar-refractivity contribution in [1.82, 2.24) is 9.80 Å². The number of hydrogen-bond acceptors (Lipinski definition) is 5. The Balaban J connectivity index is 1.72. The second-order valence-corrected chi connectivity index (χ2v) is 7.15. The number of rotatable bonds is 5. The van der Waals surface area contributed by atoms with Gasteiger partial charge < -0.3 is 14.5 Å². The molecular formula is C23H24N2O5. The van der Waals surface area contributed by atoms with Crippen LogP contribution in [0.2, 0.25) is 0 Å². The third-order valence-corrected chi connectivity index (χ3v) is 5.13. The van der Waals surface area contributed by atoms with Gasteiger partial charge in [-0.1, -0.05) is 30.3 Å². The molecule has 1 aliphatic heterocycles. The van der Waals surface area contributed by atoms with Gasteiger partial charge in [0.1, 0.15) is 0 Å². The number of esters is 1. The molecule has 2 aromatic rings. The van der Waals surface area contributed by atoms with Gasteiger partial charge in [0, 0.05) is 38.2 Å². The predicted molar refractivity (Wildman–Crippen MR) is 110 cm³/mol. The third kappa shape index (κ3) is 4.74. The Labute approximate surface area is 175 Å². The summed E-state index contributed by atoms with van der Waals surface area (Å²) >= 11 is 0. The van der Waals surface area contributed by atoms with Crippen LogP contribution in [0, 0.1) is 0 Å². The molecule has 0 N–H and O–H groups in total. The summed E-state index contributed by atoms with van der Waals surface area (Å²) in [6.45, 7) is 2.81. The molecule has 3 rings (SSSR count). The maximum atomic E-state index is 13.0. The number of hydrogen-bond donors (Lipinski definition) is 0. The van der Waals surface area contributed by atoms with Crippen molar-refractivity contribution in [2.45, 2.75) is 19.9 Å². The van der Waals surface area contributed by atoms with E-state index in [9.17, 15) is 19.2 Å². The van der Waals surface area contributed by atoms with E-state index in [1.807, 2.05) is 6.07 Å². The van der Waals surface area contributed by atoms with E-state index in [4.69, 9.17) is 4.74 Å². The molecule has 0 aromatic heterocycles. The molecule has 0 spiro atoms. The first-order valence-electron chi connectivity index (χ1n) is 9.75. The van der Waals surface area contributed by atoms with E-state index in [0.29, 0.717) is 42.9 Å². The average molecular weight is 408 g/mol. The highest BCUT2D eigenvalue weighted by Gasteiger charge is 2.26. The zero-order chi connectivity index (χ0) is 21.7. The summed E-state index contributed by atoms with van der Waals surface area (Å²) in [6.07, 6.45) is 0.199. The summed E-state index contributed by atoms with van der Waals surface area (Å²) < 4.78 is 4.74. The predicted octanol–water partition coefficient (Wildman–Crippen LogP) is 2.55. The highest BCUT2D eigenvalue weighted by Crippen LogP contribution is 2.17. The summed E-state index contributed by atoms with van der Waals surface area (Å²) in [5.74, 6) is -0.909. The van der Waals surface area contributed by atoms with Gasteiger partial charge in [-0.3, -0.25) is 14.4 Å². The van der Waals surface area contributed by atoms with Crippen molar-refractivity contribution < 1.29 is 23.9 Å². The van der Waals surface area contributed by atoms with Crippen LogP contribution >= 0.6 is 0 Å². The van der Waals surface area contributed by atoms with E-state index in [1.54, 1.807) is 52.3 Å². The number of ether oxygens (including phenoxy) is 1. The fraction of sp³-hybridized carbons (Fsp3) is 0.304. The van der Waals surface area contributed by atoms with Gasteiger partial charge in [-0.15, -0.1) is 0 Å². The minimum absolute atomic E-state index is 0.0615. The molecule has 0 atom stereocenters. The Morgan fingerprint density at radius 2 is 1.70 bits per heavy atom. The van der Waals surface area contributed by atoms with Gasteiger partial charge in [-0.2, -0.15) is 0 Å². The molecule has 1 fully saturated rings. The van der Waals surface area contributed by atoms with E-state index in [1.165, 1.54) is 14.0 Å². The molecule has 0 aliphatic carbocycles. The van der Waals surface area contributed by atoms with E-state index in [-0.39, 0.29) is 24.0 Å². The van der Waals surface area contributed by atoms with Crippen LogP contribution in [0.15, 0.2) is 48.5 Å². The summed E-state index contributed by atoms with van der Waals surface area (Å²) in [6, 6.07) is 13.7. The Hall–Kier alpha value is -3.48. The zero-order valence-electron chi connectivity index (χ0n) is 17.1. The average Bonchev–Trinajstić information content (AvgIpc) is 2.94. The number of amides is 2. The molecular weight excluding hydrogens is 384 g/mol. The number of nitrogens with zero attached hydrogens (tertiary/aromatic N) is 2. The minimum atomic E-state index is -0.431. The summed E-state index contributed by atoms with van der Waals surface area (Å²) in [5, 5.41) is 0. The van der Waals surface area contributed by atoms with Crippen molar-refractivity contribution in [2.75, 3.05) is 26.7 Å². The van der Waals surface area contributed by atoms with Crippen LogP contribution in [-0.2, 0) is 16.1 Å². The van der Waals surface area contributed by atoms with Crippen LogP contribution in [0.25, 0.3) is 0 Å². The van der Waals surface area contributed by atoms with E-state index < -0.39 is 5.97 Å². The molecule has 7 nitrogen and oxygen atoms in total. The fourth-order valence-electron chi connectivity index (χ4n) is 3.52. The first-order valence-corrected chi connectivity index (χ1v) is 9.75. The number of methoxy groups -OCH3 is 1. The quantitative estimate of drug-likeness (QED) is 0.561. The van der Waals surface area contributed by atoms with Gasteiger partial charge in [0.05, 0.1) is 18.2 Å². The maximum absolute atomic E-state index is 13.0. The molecule has 0 radical (unpaired) electrons. The van der Waals surface area contributed by atoms with Crippen LogP contribution in [0.1, 0.15) is 50.0 Å². The molecule has 7 heteroatoms. The topological polar surface area (TPSA) is 84.0 Å². The summed E-state index contributed by atoms with van der Waals surface area (Å²) in [4.78, 5) is 52.5. The molecule has 156 valence electrons. The number of ketones is 1. The van der Waals surface area contributed by atoms with Gasteiger partial charge in [0.15, 0.2) is 5.78 Å². The number of carbonyl (C=O) groups excluding carboxylic acids is 4. The van der Waals surface area contributed by atoms with Gasteiger partial charge in [0.2, 0.25) is 5.91 Å². The molecule has 1 aliphatic rings. The van der Waals surface area contributed by atoms with Crippen molar-refractivity contribution in [3.8, 4) is 0 Å². The Morgan fingerprint density at radius 3 is 2.40 bits per heavy atom. The lowest BCUT2D eigenvalue weighted by atomic mass is 10.0. The molecule has 0 bridgehead atoms. The highest BCUT2D eigenvalue weighted by atomic mass is 16.5. The molecule has 2 amide bonds. The SMILES string of the molecule is COC(=O)c1cccc(CN2CCN(C(=O)c3ccccc3C(C)=O)CCC2=O)c1. The minimum Gasteiger partial charge on any atom is -0.465 e. The number of Topliss-reactive ketones (excluding diaryl/α,β-unsaturated/α-hetero) is 1. The lowest BCUT2D eigenvalue weighted by Crippen LogP contribution is -2.36. The second-order valence-electron chi connectivity index (χ2n) is 7.15. The lowest BCUT2D eigenvalue weighted by Gasteiger charge is -2.23. The molecule has 30 heavy (non-hydrogen) atoms. The molecule has 2 aromatic carbocycles. The fourth-order valence-corrected chi connectivity index (χ4v) is 3.52. The van der Waals surface area contributed by atoms with Crippen LogP contribution < -0.4 is 0 Å². The zero-order valence-corrected chi connectivity index (χ0v) is 17.1. The van der Waals surface area contributed by atoms with Crippen molar-refractivity contribution >= 4 is 23.6 Å². The summed E-state index contributed by atoms with van der Waals surface area (Å²) in [7, 11) is 1.32. The molecule has 0 saturated carbocycles. The van der Waals surface area contributed by atoms with E-state index >= 15 is 0 Å². The second kappa shape index (κ2) is 9.35. The number of carbonyl (C=O) groups is 4. The highest BCUT2D eigenvalue weighted by molar-refractivity contribution is 6.07. The first-order chi connectivity index (χ1) is 14.4. The lowest BCUT2D eigenvalue weighted by molar-refractivity contribution is -0.130. The molecule has 1 saturated heterocycles. The molecule has 1 heterocycles. The largest absolute Gasteiger partial charge is 0.465 e. The van der Waals surface area contributed by atoms with Gasteiger partial charge in [-0.05, 0) is 30.7 Å². The maximum Gasteiger partial charge on any atom is 0.337 e. The Morgan fingerprint density at radius 1 is 0.967 bits per heavy atom. The normalized spacial score (nSPS) is 14.3. The van der Waals surface area contributed by atoms with E-state index in [2.05, 4.69) is 0 Å². The van der Waals surface area contributed by atoms with E-state index in [0.717, 1.165) is 5.56 Å². The first kappa shape index (κ1) is 21.2. The van der Waals surface area contributed by atoms with Gasteiger partial charge >= 0.3 is 5.97 Å². The Kier molecular flexibility index (Phi) is 6.61. The van der Waals surface area contributed by atoms with Gasteiger partial charge in [-0.25, -0.2) is 4.79 Å². The van der Waals surface area contributed by atoms with Gasteiger partial charge in [0.25, 0.3) is 5.91 Å². The number of benzene rings is 2. The van der Waals surface area contributed by atoms with Crippen LogP contribution in [0.4, 0.5) is 0 Å². The van der Waals surface area contributed by atoms with Crippen LogP contribution in [0.3, 0.4) is 0 Å². The summed E-state index contributed by atoms with van der Waals surface area (Å²) in [5.41, 5.74) is 1.98. The third-order valence-electron chi connectivity index (χ3n) is 5.13. The van der Waals surface area contributed by atoms with Crippen molar-refractivity contribution in [3.05, 3.63) is 70.8 Å². The van der Waals surface area contributed by atoms with Crippen LogP contribution in [-0.4, -0.2) is 60.1 Å². The van der Waals surface area contributed by atoms with Crippen molar-refractivity contribution in [3.63, 3.8) is 0 Å². The van der Waals surface area contributed by atoms with Crippen molar-refractivity contribution in [2.24, 2.45) is 0 Å².